The van der Waals surface area contributed by atoms with Crippen molar-refractivity contribution in [2.75, 3.05) is 6.54 Å². The molecule has 0 atom stereocenters. The normalized spacial score (nSPS) is 11.7. The fourth-order valence-electron chi connectivity index (χ4n) is 2.15. The van der Waals surface area contributed by atoms with Gasteiger partial charge in [-0.25, -0.2) is 0 Å². The standard InChI is InChI=1S/C20H35NO/c1-5-6-7-8-9-10-17-21-20(22)16-12-15-19(4)14-11-13-18(2)3/h12-13,15-16H,5-11,14,17H2,1-4H3,(H,21,22)/b16-12+,19-15+. The van der Waals surface area contributed by atoms with E-state index < -0.39 is 0 Å². The number of rotatable bonds is 12. The highest BCUT2D eigenvalue weighted by Crippen LogP contribution is 2.06. The maximum atomic E-state index is 11.6. The quantitative estimate of drug-likeness (QED) is 0.213. The molecule has 0 aromatic rings. The Morgan fingerprint density at radius 2 is 1.68 bits per heavy atom. The lowest BCUT2D eigenvalue weighted by Gasteiger charge is -2.02. The minimum absolute atomic E-state index is 0.0157. The van der Waals surface area contributed by atoms with E-state index in [0.29, 0.717) is 0 Å². The highest BCUT2D eigenvalue weighted by molar-refractivity contribution is 5.87. The van der Waals surface area contributed by atoms with Crippen LogP contribution in [-0.4, -0.2) is 12.5 Å². The molecule has 2 heteroatoms. The molecule has 0 saturated carbocycles. The summed E-state index contributed by atoms with van der Waals surface area (Å²) < 4.78 is 0. The van der Waals surface area contributed by atoms with Crippen LogP contribution in [0.25, 0.3) is 0 Å². The molecule has 0 spiro atoms. The molecular formula is C20H35NO. The molecule has 0 aromatic carbocycles. The summed E-state index contributed by atoms with van der Waals surface area (Å²) in [5, 5.41) is 2.94. The van der Waals surface area contributed by atoms with Crippen LogP contribution in [0.3, 0.4) is 0 Å². The van der Waals surface area contributed by atoms with Gasteiger partial charge in [0, 0.05) is 12.6 Å². The van der Waals surface area contributed by atoms with Crippen molar-refractivity contribution >= 4 is 5.91 Å². The minimum Gasteiger partial charge on any atom is -0.353 e. The lowest BCUT2D eigenvalue weighted by Crippen LogP contribution is -2.21. The zero-order valence-electron chi connectivity index (χ0n) is 15.1. The van der Waals surface area contributed by atoms with Crippen LogP contribution in [0.5, 0.6) is 0 Å². The van der Waals surface area contributed by atoms with Crippen molar-refractivity contribution in [3.63, 3.8) is 0 Å². The molecule has 22 heavy (non-hydrogen) atoms. The molecule has 1 N–H and O–H groups in total. The molecular weight excluding hydrogens is 270 g/mol. The van der Waals surface area contributed by atoms with E-state index in [1.807, 2.05) is 12.2 Å². The van der Waals surface area contributed by atoms with Gasteiger partial charge in [0.2, 0.25) is 5.91 Å². The third-order valence-corrected chi connectivity index (χ3v) is 3.55. The van der Waals surface area contributed by atoms with Gasteiger partial charge >= 0.3 is 0 Å². The van der Waals surface area contributed by atoms with Gasteiger partial charge in [-0.15, -0.1) is 0 Å². The van der Waals surface area contributed by atoms with Gasteiger partial charge in [-0.3, -0.25) is 4.79 Å². The molecule has 0 heterocycles. The maximum absolute atomic E-state index is 11.6. The molecule has 0 bridgehead atoms. The zero-order chi connectivity index (χ0) is 16.6. The maximum Gasteiger partial charge on any atom is 0.243 e. The first kappa shape index (κ1) is 20.7. The second kappa shape index (κ2) is 14.6. The Bertz CT molecular complexity index is 373. The van der Waals surface area contributed by atoms with Crippen molar-refractivity contribution in [2.45, 2.75) is 79.1 Å². The average Bonchev–Trinajstić information content (AvgIpc) is 2.46. The van der Waals surface area contributed by atoms with Crippen LogP contribution in [0.1, 0.15) is 79.1 Å². The van der Waals surface area contributed by atoms with Gasteiger partial charge in [0.25, 0.3) is 0 Å². The van der Waals surface area contributed by atoms with Crippen LogP contribution in [0.15, 0.2) is 35.5 Å². The minimum atomic E-state index is 0.0157. The molecule has 0 rings (SSSR count). The third kappa shape index (κ3) is 15.1. The van der Waals surface area contributed by atoms with E-state index in [1.165, 1.54) is 43.3 Å². The summed E-state index contributed by atoms with van der Waals surface area (Å²) in [6, 6.07) is 0. The smallest absolute Gasteiger partial charge is 0.243 e. The van der Waals surface area contributed by atoms with E-state index in [4.69, 9.17) is 0 Å². The fourth-order valence-corrected chi connectivity index (χ4v) is 2.15. The third-order valence-electron chi connectivity index (χ3n) is 3.55. The van der Waals surface area contributed by atoms with E-state index in [2.05, 4.69) is 39.1 Å². The van der Waals surface area contributed by atoms with Crippen molar-refractivity contribution < 1.29 is 4.79 Å². The van der Waals surface area contributed by atoms with Gasteiger partial charge < -0.3 is 5.32 Å². The molecule has 2 nitrogen and oxygen atoms in total. The number of unbranched alkanes of at least 4 members (excludes halogenated alkanes) is 5. The molecule has 0 radical (unpaired) electrons. The van der Waals surface area contributed by atoms with Crippen LogP contribution in [0, 0.1) is 0 Å². The van der Waals surface area contributed by atoms with Crippen molar-refractivity contribution in [1.82, 2.24) is 5.32 Å². The first-order valence-electron chi connectivity index (χ1n) is 8.81. The second-order valence-electron chi connectivity index (χ2n) is 6.25. The highest BCUT2D eigenvalue weighted by Gasteiger charge is 1.94. The predicted molar refractivity (Wildman–Crippen MR) is 97.9 cm³/mol. The SMILES string of the molecule is CCCCCCCCNC(=O)/C=C/C=C(\C)CCC=C(C)C. The molecule has 0 aromatic heterocycles. The van der Waals surface area contributed by atoms with E-state index in [1.54, 1.807) is 6.08 Å². The van der Waals surface area contributed by atoms with Crippen molar-refractivity contribution in [3.05, 3.63) is 35.5 Å². The lowest BCUT2D eigenvalue weighted by molar-refractivity contribution is -0.116. The van der Waals surface area contributed by atoms with Crippen molar-refractivity contribution in [2.24, 2.45) is 0 Å². The summed E-state index contributed by atoms with van der Waals surface area (Å²) in [6.45, 7) is 9.36. The first-order chi connectivity index (χ1) is 10.6. The number of allylic oxidation sites excluding steroid dienone is 5. The summed E-state index contributed by atoms with van der Waals surface area (Å²) in [5.74, 6) is 0.0157. The molecule has 0 aliphatic heterocycles. The van der Waals surface area contributed by atoms with Crippen molar-refractivity contribution in [3.8, 4) is 0 Å². The Morgan fingerprint density at radius 1 is 1.00 bits per heavy atom. The van der Waals surface area contributed by atoms with Gasteiger partial charge in [0.05, 0.1) is 0 Å². The topological polar surface area (TPSA) is 29.1 Å². The molecule has 0 unspecified atom stereocenters. The van der Waals surface area contributed by atoms with Gasteiger partial charge in [-0.1, -0.05) is 68.4 Å². The van der Waals surface area contributed by atoms with Gasteiger partial charge in [-0.05, 0) is 40.0 Å². The van der Waals surface area contributed by atoms with Crippen LogP contribution in [0.2, 0.25) is 0 Å². The van der Waals surface area contributed by atoms with E-state index in [-0.39, 0.29) is 5.91 Å². The Hall–Kier alpha value is -1.31. The molecule has 126 valence electrons. The largest absolute Gasteiger partial charge is 0.353 e. The Kier molecular flexibility index (Phi) is 13.7. The predicted octanol–water partition coefficient (Wildman–Crippen LogP) is 5.71. The number of hydrogen-bond donors (Lipinski definition) is 1. The summed E-state index contributed by atoms with van der Waals surface area (Å²) in [5.41, 5.74) is 2.66. The van der Waals surface area contributed by atoms with Gasteiger partial charge in [0.15, 0.2) is 0 Å². The van der Waals surface area contributed by atoms with Crippen LogP contribution in [0.4, 0.5) is 0 Å². The van der Waals surface area contributed by atoms with Crippen molar-refractivity contribution in [1.29, 1.82) is 0 Å². The van der Waals surface area contributed by atoms with Gasteiger partial charge in [-0.2, -0.15) is 0 Å². The van der Waals surface area contributed by atoms with E-state index in [0.717, 1.165) is 25.8 Å². The lowest BCUT2D eigenvalue weighted by atomic mass is 10.1. The number of carbonyl (C=O) groups excluding carboxylic acids is 1. The number of nitrogens with one attached hydrogen (secondary N) is 1. The average molecular weight is 306 g/mol. The number of amides is 1. The fraction of sp³-hybridized carbons (Fsp3) is 0.650. The van der Waals surface area contributed by atoms with Gasteiger partial charge in [0.1, 0.15) is 0 Å². The number of carbonyl (C=O) groups is 1. The second-order valence-corrected chi connectivity index (χ2v) is 6.25. The summed E-state index contributed by atoms with van der Waals surface area (Å²) in [6.07, 6.45) is 17.4. The Morgan fingerprint density at radius 3 is 2.36 bits per heavy atom. The van der Waals surface area contributed by atoms with E-state index in [9.17, 15) is 4.79 Å². The van der Waals surface area contributed by atoms with E-state index >= 15 is 0 Å². The number of hydrogen-bond acceptors (Lipinski definition) is 1. The summed E-state index contributed by atoms with van der Waals surface area (Å²) >= 11 is 0. The molecule has 0 saturated heterocycles. The zero-order valence-corrected chi connectivity index (χ0v) is 15.1. The molecule has 1 amide bonds. The first-order valence-corrected chi connectivity index (χ1v) is 8.81. The molecule has 0 aliphatic rings. The molecule has 0 fully saturated rings. The summed E-state index contributed by atoms with van der Waals surface area (Å²) in [4.78, 5) is 11.6. The van der Waals surface area contributed by atoms with Crippen LogP contribution < -0.4 is 5.32 Å². The van der Waals surface area contributed by atoms with Crippen LogP contribution >= 0.6 is 0 Å². The highest BCUT2D eigenvalue weighted by atomic mass is 16.1. The van der Waals surface area contributed by atoms with Crippen LogP contribution in [-0.2, 0) is 4.79 Å². The Labute approximate surface area is 137 Å². The Balaban J connectivity index is 3.71. The molecule has 0 aliphatic carbocycles. The summed E-state index contributed by atoms with van der Waals surface area (Å²) in [7, 11) is 0. The monoisotopic (exact) mass is 305 g/mol.